The van der Waals surface area contributed by atoms with Crippen molar-refractivity contribution >= 4 is 51.5 Å². The van der Waals surface area contributed by atoms with Gasteiger partial charge >= 0.3 is 11.9 Å². The lowest BCUT2D eigenvalue weighted by Gasteiger charge is -2.27. The summed E-state index contributed by atoms with van der Waals surface area (Å²) in [4.78, 5) is 69.4. The van der Waals surface area contributed by atoms with Gasteiger partial charge in [0.05, 0.1) is 6.04 Å². The first-order chi connectivity index (χ1) is 21.4. The standard InChI is InChI=1S/C32H38N6O7/c1-17(2)28(38-29(41)22(33)13-18-15-34-23-9-5-3-7-20(18)23)31(43)36-25(11-12-27(39)40)30(42)37-26(32(44)45)14-19-16-35-24-10-6-4-8-21(19)24/h3-10,15-17,22,25-26,28,34-35H,11-14,33H2,1-2H3,(H,36,43)(H,37,42)(H,38,41)(H,39,40)(H,44,45). The van der Waals surface area contributed by atoms with Crippen LogP contribution in [0.4, 0.5) is 0 Å². The number of hydrogen-bond donors (Lipinski definition) is 8. The second kappa shape index (κ2) is 14.5. The Hall–Kier alpha value is -5.17. The topological polar surface area (TPSA) is 219 Å². The van der Waals surface area contributed by atoms with Gasteiger partial charge in [-0.2, -0.15) is 0 Å². The maximum absolute atomic E-state index is 13.4. The molecular formula is C32H38N6O7. The summed E-state index contributed by atoms with van der Waals surface area (Å²) in [6.07, 6.45) is 2.83. The molecule has 0 bridgehead atoms. The van der Waals surface area contributed by atoms with Crippen LogP contribution in [0, 0.1) is 5.92 Å². The first-order valence-corrected chi connectivity index (χ1v) is 14.7. The number of nitrogens with two attached hydrogens (primary N) is 1. The Kier molecular flexibility index (Phi) is 10.6. The number of aromatic amines is 2. The first kappa shape index (κ1) is 32.7. The number of carboxylic acid groups (broad SMARTS) is 2. The molecule has 4 atom stereocenters. The summed E-state index contributed by atoms with van der Waals surface area (Å²) in [5, 5.41) is 28.5. The zero-order valence-corrected chi connectivity index (χ0v) is 25.0. The van der Waals surface area contributed by atoms with Crippen molar-refractivity contribution in [2.45, 2.75) is 63.7 Å². The fourth-order valence-electron chi connectivity index (χ4n) is 5.22. The summed E-state index contributed by atoms with van der Waals surface area (Å²) in [5.41, 5.74) is 9.41. The van der Waals surface area contributed by atoms with Gasteiger partial charge in [0.15, 0.2) is 0 Å². The summed E-state index contributed by atoms with van der Waals surface area (Å²) < 4.78 is 0. The molecule has 0 aliphatic rings. The fraction of sp³-hybridized carbons (Fsp3) is 0.344. The zero-order chi connectivity index (χ0) is 32.7. The van der Waals surface area contributed by atoms with Crippen LogP contribution in [-0.4, -0.2) is 74.0 Å². The highest BCUT2D eigenvalue weighted by Gasteiger charge is 2.32. The van der Waals surface area contributed by atoms with Gasteiger partial charge in [-0.05, 0) is 42.0 Å². The van der Waals surface area contributed by atoms with Gasteiger partial charge in [0.1, 0.15) is 18.1 Å². The van der Waals surface area contributed by atoms with Gasteiger partial charge in [-0.25, -0.2) is 4.79 Å². The number of carboxylic acids is 2. The zero-order valence-electron chi connectivity index (χ0n) is 25.0. The quantitative estimate of drug-likeness (QED) is 0.0980. The minimum absolute atomic E-state index is 0.0519. The van der Waals surface area contributed by atoms with Gasteiger partial charge in [-0.3, -0.25) is 19.2 Å². The molecule has 0 saturated heterocycles. The molecule has 0 saturated carbocycles. The van der Waals surface area contributed by atoms with Crippen molar-refractivity contribution in [3.8, 4) is 0 Å². The maximum Gasteiger partial charge on any atom is 0.326 e. The Bertz CT molecular complexity index is 1690. The normalized spacial score (nSPS) is 14.0. The third kappa shape index (κ3) is 8.26. The monoisotopic (exact) mass is 618 g/mol. The lowest BCUT2D eigenvalue weighted by Crippen LogP contribution is -2.58. The molecule has 4 aromatic rings. The number of hydrogen-bond acceptors (Lipinski definition) is 6. The predicted octanol–water partition coefficient (Wildman–Crippen LogP) is 1.82. The number of aromatic nitrogens is 2. The average Bonchev–Trinajstić information content (AvgIpc) is 3.61. The number of fused-ring (bicyclic) bond motifs is 2. The van der Waals surface area contributed by atoms with Crippen LogP contribution in [0.5, 0.6) is 0 Å². The third-order valence-corrected chi connectivity index (χ3v) is 7.69. The average molecular weight is 619 g/mol. The lowest BCUT2D eigenvalue weighted by atomic mass is 10.00. The van der Waals surface area contributed by atoms with E-state index in [1.165, 1.54) is 0 Å². The Morgan fingerprint density at radius 1 is 0.733 bits per heavy atom. The summed E-state index contributed by atoms with van der Waals surface area (Å²) in [7, 11) is 0. The van der Waals surface area contributed by atoms with Gasteiger partial charge < -0.3 is 41.9 Å². The molecule has 4 unspecified atom stereocenters. The van der Waals surface area contributed by atoms with Crippen LogP contribution in [0.25, 0.3) is 21.8 Å². The smallest absolute Gasteiger partial charge is 0.326 e. The van der Waals surface area contributed by atoms with Crippen LogP contribution >= 0.6 is 0 Å². The molecule has 13 heteroatoms. The molecule has 2 aromatic heterocycles. The van der Waals surface area contributed by atoms with E-state index in [9.17, 15) is 34.2 Å². The lowest BCUT2D eigenvalue weighted by molar-refractivity contribution is -0.143. The summed E-state index contributed by atoms with van der Waals surface area (Å²) in [5.74, 6) is -5.09. The van der Waals surface area contributed by atoms with E-state index in [1.807, 2.05) is 48.5 Å². The van der Waals surface area contributed by atoms with E-state index in [0.717, 1.165) is 27.4 Å². The number of carbonyl (C=O) groups excluding carboxylic acids is 3. The Morgan fingerprint density at radius 2 is 1.27 bits per heavy atom. The molecule has 2 heterocycles. The molecular weight excluding hydrogens is 580 g/mol. The predicted molar refractivity (Wildman–Crippen MR) is 167 cm³/mol. The van der Waals surface area contributed by atoms with E-state index >= 15 is 0 Å². The number of para-hydroxylation sites is 2. The molecule has 13 nitrogen and oxygen atoms in total. The second-order valence-corrected chi connectivity index (χ2v) is 11.4. The van der Waals surface area contributed by atoms with Crippen molar-refractivity contribution in [3.63, 3.8) is 0 Å². The first-order valence-electron chi connectivity index (χ1n) is 14.7. The number of aliphatic carboxylic acids is 2. The molecule has 0 radical (unpaired) electrons. The molecule has 0 spiro atoms. The van der Waals surface area contributed by atoms with Crippen LogP contribution in [0.15, 0.2) is 60.9 Å². The number of nitrogens with one attached hydrogen (secondary N) is 5. The Labute approximate surface area is 258 Å². The van der Waals surface area contributed by atoms with E-state index in [2.05, 4.69) is 25.9 Å². The van der Waals surface area contributed by atoms with Gasteiger partial charge in [0, 0.05) is 47.0 Å². The summed E-state index contributed by atoms with van der Waals surface area (Å²) >= 11 is 0. The molecule has 0 fully saturated rings. The molecule has 2 aromatic carbocycles. The minimum atomic E-state index is -1.38. The second-order valence-electron chi connectivity index (χ2n) is 11.4. The Balaban J connectivity index is 1.44. The van der Waals surface area contributed by atoms with Crippen LogP contribution in [-0.2, 0) is 36.8 Å². The van der Waals surface area contributed by atoms with Crippen molar-refractivity contribution < 1.29 is 34.2 Å². The van der Waals surface area contributed by atoms with Crippen molar-refractivity contribution in [1.82, 2.24) is 25.9 Å². The minimum Gasteiger partial charge on any atom is -0.481 e. The maximum atomic E-state index is 13.4. The van der Waals surface area contributed by atoms with Crippen molar-refractivity contribution in [2.24, 2.45) is 11.7 Å². The highest BCUT2D eigenvalue weighted by Crippen LogP contribution is 2.20. The van der Waals surface area contributed by atoms with Gasteiger partial charge in [-0.15, -0.1) is 0 Å². The van der Waals surface area contributed by atoms with Crippen LogP contribution < -0.4 is 21.7 Å². The highest BCUT2D eigenvalue weighted by atomic mass is 16.4. The van der Waals surface area contributed by atoms with Crippen molar-refractivity contribution in [1.29, 1.82) is 0 Å². The molecule has 0 aliphatic carbocycles. The molecule has 9 N–H and O–H groups in total. The van der Waals surface area contributed by atoms with E-state index in [1.54, 1.807) is 26.2 Å². The number of rotatable bonds is 15. The van der Waals surface area contributed by atoms with E-state index in [0.29, 0.717) is 5.56 Å². The highest BCUT2D eigenvalue weighted by molar-refractivity contribution is 5.95. The molecule has 45 heavy (non-hydrogen) atoms. The molecule has 3 amide bonds. The van der Waals surface area contributed by atoms with Crippen LogP contribution in [0.3, 0.4) is 0 Å². The largest absolute Gasteiger partial charge is 0.481 e. The van der Waals surface area contributed by atoms with Crippen LogP contribution in [0.1, 0.15) is 37.8 Å². The molecule has 238 valence electrons. The van der Waals surface area contributed by atoms with E-state index < -0.39 is 66.2 Å². The third-order valence-electron chi connectivity index (χ3n) is 7.69. The van der Waals surface area contributed by atoms with Gasteiger partial charge in [0.25, 0.3) is 0 Å². The number of benzene rings is 2. The summed E-state index contributed by atoms with van der Waals surface area (Å²) in [6, 6.07) is 10.1. The molecule has 0 aliphatic heterocycles. The molecule has 4 rings (SSSR count). The summed E-state index contributed by atoms with van der Waals surface area (Å²) in [6.45, 7) is 3.40. The van der Waals surface area contributed by atoms with Crippen molar-refractivity contribution in [3.05, 3.63) is 72.1 Å². The van der Waals surface area contributed by atoms with Gasteiger partial charge in [0.2, 0.25) is 17.7 Å². The van der Waals surface area contributed by atoms with Gasteiger partial charge in [-0.1, -0.05) is 50.2 Å². The van der Waals surface area contributed by atoms with Crippen LogP contribution in [0.2, 0.25) is 0 Å². The SMILES string of the molecule is CC(C)C(NC(=O)C(N)Cc1c[nH]c2ccccc12)C(=O)NC(CCC(=O)O)C(=O)NC(Cc1c[nH]c2ccccc12)C(=O)O. The van der Waals surface area contributed by atoms with Crippen molar-refractivity contribution in [2.75, 3.05) is 0 Å². The number of H-pyrrole nitrogens is 2. The number of amides is 3. The Morgan fingerprint density at radius 3 is 1.80 bits per heavy atom. The fourth-order valence-corrected chi connectivity index (χ4v) is 5.22. The van der Waals surface area contributed by atoms with E-state index in [4.69, 9.17) is 5.73 Å². The van der Waals surface area contributed by atoms with E-state index in [-0.39, 0.29) is 19.3 Å². The number of carbonyl (C=O) groups is 5.